The third-order valence-electron chi connectivity index (χ3n) is 10.4. The van der Waals surface area contributed by atoms with E-state index < -0.39 is 11.6 Å². The smallest absolute Gasteiger partial charge is 0.319 e. The molecule has 8 rings (SSSR count). The van der Waals surface area contributed by atoms with Crippen molar-refractivity contribution < 1.29 is 13.5 Å². The molecule has 0 spiro atoms. The number of halogens is 2. The molecule has 2 aromatic heterocycles. The maximum atomic E-state index is 16.8. The summed E-state index contributed by atoms with van der Waals surface area (Å²) in [7, 11) is 1.98. The molecule has 2 aromatic carbocycles. The molecule has 0 amide bonds. The minimum absolute atomic E-state index is 0.0544. The number of piperazine rings is 1. The molecular formula is C36H37F2N7O. The Morgan fingerprint density at radius 3 is 2.76 bits per heavy atom. The van der Waals surface area contributed by atoms with E-state index in [1.54, 1.807) is 24.4 Å². The van der Waals surface area contributed by atoms with Crippen LogP contribution in [0.15, 0.2) is 48.7 Å². The monoisotopic (exact) mass is 621 g/mol. The lowest BCUT2D eigenvalue weighted by Gasteiger charge is -2.35. The second-order valence-electron chi connectivity index (χ2n) is 13.3. The summed E-state index contributed by atoms with van der Waals surface area (Å²) >= 11 is 0. The number of hydrogen-bond donors (Lipinski definition) is 2. The molecule has 4 aliphatic heterocycles. The van der Waals surface area contributed by atoms with Gasteiger partial charge in [0.2, 0.25) is 0 Å². The quantitative estimate of drug-likeness (QED) is 0.225. The van der Waals surface area contributed by atoms with Crippen LogP contribution in [0.2, 0.25) is 0 Å². The summed E-state index contributed by atoms with van der Waals surface area (Å²) in [6.45, 7) is 7.94. The standard InChI is InChI=1S/C36H37F2N7O/c1-4-26-29(37)11-8-22-6-5-7-27(30(22)26)32-31(38)33-28(16-40-32)34(44-18-23-9-10-24(19-44)41-23)43-35(42-33)46-20-36-13-12-25(15-39-3)45(36)17-21(2)14-36/h1,5-8,11,16,23-25,39,41H,2,9-10,12-15,17-20H2,3H3. The Morgan fingerprint density at radius 1 is 1.15 bits per heavy atom. The van der Waals surface area contributed by atoms with E-state index in [4.69, 9.17) is 21.1 Å². The van der Waals surface area contributed by atoms with Gasteiger partial charge >= 0.3 is 6.01 Å². The zero-order valence-corrected chi connectivity index (χ0v) is 26.0. The highest BCUT2D eigenvalue weighted by molar-refractivity contribution is 6.02. The average Bonchev–Trinajstić information content (AvgIpc) is 3.69. The van der Waals surface area contributed by atoms with E-state index in [0.29, 0.717) is 52.3 Å². The fraction of sp³-hybridized carbons (Fsp3) is 0.417. The summed E-state index contributed by atoms with van der Waals surface area (Å²) in [6.07, 6.45) is 12.5. The van der Waals surface area contributed by atoms with Crippen LogP contribution in [0.25, 0.3) is 32.9 Å². The molecule has 4 atom stereocenters. The van der Waals surface area contributed by atoms with Crippen LogP contribution < -0.4 is 20.3 Å². The van der Waals surface area contributed by atoms with Gasteiger partial charge in [0, 0.05) is 61.5 Å². The Hall–Kier alpha value is -4.17. The highest BCUT2D eigenvalue weighted by Crippen LogP contribution is 2.44. The highest BCUT2D eigenvalue weighted by Gasteiger charge is 2.51. The Kier molecular flexibility index (Phi) is 7.16. The lowest BCUT2D eigenvalue weighted by Crippen LogP contribution is -2.51. The predicted octanol–water partition coefficient (Wildman–Crippen LogP) is 4.81. The molecule has 4 saturated heterocycles. The van der Waals surface area contributed by atoms with Crippen molar-refractivity contribution in [2.45, 2.75) is 55.8 Å². The summed E-state index contributed by atoms with van der Waals surface area (Å²) in [5, 5.41) is 8.64. The van der Waals surface area contributed by atoms with Crippen LogP contribution in [0, 0.1) is 24.0 Å². The van der Waals surface area contributed by atoms with E-state index in [9.17, 15) is 4.39 Å². The van der Waals surface area contributed by atoms with E-state index in [1.807, 2.05) is 13.1 Å². The number of anilines is 1. The maximum Gasteiger partial charge on any atom is 0.319 e. The first-order valence-corrected chi connectivity index (χ1v) is 16.1. The summed E-state index contributed by atoms with van der Waals surface area (Å²) in [4.78, 5) is 18.9. The van der Waals surface area contributed by atoms with Gasteiger partial charge in [0.15, 0.2) is 5.82 Å². The third-order valence-corrected chi connectivity index (χ3v) is 10.4. The number of rotatable bonds is 7. The number of likely N-dealkylation sites (N-methyl/N-ethyl adjacent to an activating group) is 1. The lowest BCUT2D eigenvalue weighted by molar-refractivity contribution is 0.0848. The number of nitrogens with zero attached hydrogens (tertiary/aromatic N) is 5. The zero-order valence-electron chi connectivity index (χ0n) is 26.0. The average molecular weight is 622 g/mol. The van der Waals surface area contributed by atoms with Gasteiger partial charge in [-0.05, 0) is 50.6 Å². The molecule has 4 fully saturated rings. The molecule has 0 aliphatic carbocycles. The minimum atomic E-state index is -0.618. The van der Waals surface area contributed by atoms with E-state index in [1.165, 1.54) is 11.6 Å². The fourth-order valence-electron chi connectivity index (χ4n) is 8.40. The minimum Gasteiger partial charge on any atom is -0.461 e. The van der Waals surface area contributed by atoms with Crippen LogP contribution >= 0.6 is 0 Å². The van der Waals surface area contributed by atoms with Crippen molar-refractivity contribution in [2.75, 3.05) is 44.7 Å². The third kappa shape index (κ3) is 4.72. The van der Waals surface area contributed by atoms with Crippen LogP contribution in [-0.2, 0) is 0 Å². The van der Waals surface area contributed by atoms with Crippen LogP contribution in [0.5, 0.6) is 6.01 Å². The van der Waals surface area contributed by atoms with Crippen LogP contribution in [0.1, 0.15) is 37.7 Å². The topological polar surface area (TPSA) is 78.4 Å². The van der Waals surface area contributed by atoms with E-state index in [2.05, 4.69) is 37.9 Å². The van der Waals surface area contributed by atoms with Gasteiger partial charge in [-0.2, -0.15) is 9.97 Å². The first kappa shape index (κ1) is 29.2. The SMILES string of the molecule is C#Cc1c(F)ccc2cccc(-c3ncc4c(N5CC6CCC(C5)N6)nc(OCC56CCC(CNC)N5CC(=C)C6)nc4c3F)c12. The molecule has 4 aromatic rings. The molecule has 8 nitrogen and oxygen atoms in total. The van der Waals surface area contributed by atoms with Crippen molar-refractivity contribution in [1.29, 1.82) is 0 Å². The van der Waals surface area contributed by atoms with Crippen LogP contribution in [-0.4, -0.2) is 83.3 Å². The van der Waals surface area contributed by atoms with Gasteiger partial charge in [0.25, 0.3) is 0 Å². The zero-order chi connectivity index (χ0) is 31.6. The molecule has 10 heteroatoms. The molecule has 2 N–H and O–H groups in total. The van der Waals surface area contributed by atoms with Gasteiger partial charge < -0.3 is 20.3 Å². The van der Waals surface area contributed by atoms with E-state index >= 15 is 4.39 Å². The highest BCUT2D eigenvalue weighted by atomic mass is 19.1. The molecule has 236 valence electrons. The number of hydrogen-bond acceptors (Lipinski definition) is 8. The summed E-state index contributed by atoms with van der Waals surface area (Å²) in [5.74, 6) is 1.92. The Morgan fingerprint density at radius 2 is 1.98 bits per heavy atom. The molecule has 0 radical (unpaired) electrons. The van der Waals surface area contributed by atoms with Gasteiger partial charge in [0.05, 0.1) is 16.5 Å². The number of pyridine rings is 1. The molecule has 0 saturated carbocycles. The number of aromatic nitrogens is 3. The van der Waals surface area contributed by atoms with Crippen molar-refractivity contribution in [3.8, 4) is 29.6 Å². The van der Waals surface area contributed by atoms with E-state index in [-0.39, 0.29) is 28.3 Å². The summed E-state index contributed by atoms with van der Waals surface area (Å²) < 4.78 is 38.1. The largest absolute Gasteiger partial charge is 0.461 e. The maximum absolute atomic E-state index is 16.8. The molecular weight excluding hydrogens is 584 g/mol. The number of ether oxygens (including phenoxy) is 1. The number of benzene rings is 2. The predicted molar refractivity (Wildman–Crippen MR) is 176 cm³/mol. The Balaban J connectivity index is 1.24. The van der Waals surface area contributed by atoms with Crippen molar-refractivity contribution in [2.24, 2.45) is 0 Å². The summed E-state index contributed by atoms with van der Waals surface area (Å²) in [6, 6.07) is 9.55. The van der Waals surface area contributed by atoms with Crippen LogP contribution in [0.3, 0.4) is 0 Å². The molecule has 6 heterocycles. The van der Waals surface area contributed by atoms with E-state index in [0.717, 1.165) is 58.3 Å². The van der Waals surface area contributed by atoms with Gasteiger partial charge in [-0.1, -0.05) is 42.3 Å². The first-order chi connectivity index (χ1) is 22.4. The first-order valence-electron chi connectivity index (χ1n) is 16.1. The summed E-state index contributed by atoms with van der Waals surface area (Å²) in [5.41, 5.74) is 1.67. The number of terminal acetylenes is 1. The number of nitrogens with one attached hydrogen (secondary N) is 2. The molecule has 46 heavy (non-hydrogen) atoms. The number of fused-ring (bicyclic) bond motifs is 5. The lowest BCUT2D eigenvalue weighted by atomic mass is 9.94. The van der Waals surface area contributed by atoms with Gasteiger partial charge in [-0.3, -0.25) is 9.88 Å². The van der Waals surface area contributed by atoms with Crippen molar-refractivity contribution >= 4 is 27.5 Å². The van der Waals surface area contributed by atoms with Crippen LogP contribution in [0.4, 0.5) is 14.6 Å². The molecule has 2 bridgehead atoms. The molecule has 4 unspecified atom stereocenters. The van der Waals surface area contributed by atoms with Gasteiger partial charge in [-0.15, -0.1) is 6.42 Å². The second kappa shape index (κ2) is 11.3. The van der Waals surface area contributed by atoms with Crippen molar-refractivity contribution in [3.05, 3.63) is 65.9 Å². The normalized spacial score (nSPS) is 25.8. The van der Waals surface area contributed by atoms with Crippen molar-refractivity contribution in [1.82, 2.24) is 30.5 Å². The van der Waals surface area contributed by atoms with Gasteiger partial charge in [-0.25, -0.2) is 8.78 Å². The van der Waals surface area contributed by atoms with Gasteiger partial charge in [0.1, 0.15) is 29.5 Å². The second-order valence-corrected chi connectivity index (χ2v) is 13.3. The Labute approximate surface area is 267 Å². The fourth-order valence-corrected chi connectivity index (χ4v) is 8.40. The van der Waals surface area contributed by atoms with Crippen molar-refractivity contribution in [3.63, 3.8) is 0 Å². The Bertz CT molecular complexity index is 1910. The molecule has 4 aliphatic rings.